The highest BCUT2D eigenvalue weighted by Gasteiger charge is 2.30. The Morgan fingerprint density at radius 2 is 2.06 bits per heavy atom. The summed E-state index contributed by atoms with van der Waals surface area (Å²) in [6.07, 6.45) is 1.95. The van der Waals surface area contributed by atoms with Crippen molar-refractivity contribution in [2.45, 2.75) is 31.9 Å². The van der Waals surface area contributed by atoms with Crippen molar-refractivity contribution < 1.29 is 4.74 Å². The number of halogens is 2. The summed E-state index contributed by atoms with van der Waals surface area (Å²) in [5.74, 6) is 0.391. The van der Waals surface area contributed by atoms with Crippen molar-refractivity contribution in [1.29, 1.82) is 0 Å². The summed E-state index contributed by atoms with van der Waals surface area (Å²) in [5.41, 5.74) is 7.19. The van der Waals surface area contributed by atoms with Crippen molar-refractivity contribution in [2.75, 3.05) is 6.61 Å². The molecule has 0 bridgehead atoms. The second-order valence-corrected chi connectivity index (χ2v) is 5.41. The first-order valence-electron chi connectivity index (χ1n) is 5.89. The smallest absolute Gasteiger partial charge is 0.0590 e. The monoisotopic (exact) mass is 273 g/mol. The molecule has 17 heavy (non-hydrogen) atoms. The average Bonchev–Trinajstić information content (AvgIpc) is 2.70. The second kappa shape index (κ2) is 5.57. The van der Waals surface area contributed by atoms with Crippen molar-refractivity contribution in [3.63, 3.8) is 0 Å². The van der Waals surface area contributed by atoms with Crippen LogP contribution in [0.4, 0.5) is 0 Å². The number of benzene rings is 1. The van der Waals surface area contributed by atoms with Gasteiger partial charge in [0, 0.05) is 28.6 Å². The zero-order valence-corrected chi connectivity index (χ0v) is 11.3. The predicted molar refractivity (Wildman–Crippen MR) is 71.7 cm³/mol. The zero-order valence-electron chi connectivity index (χ0n) is 9.83. The normalized spacial score (nSPS) is 26.1. The lowest BCUT2D eigenvalue weighted by Crippen LogP contribution is -2.36. The average molecular weight is 274 g/mol. The highest BCUT2D eigenvalue weighted by molar-refractivity contribution is 6.35. The Labute approximate surface area is 112 Å². The standard InChI is InChI=1S/C13H17Cl2NO/c1-8-9(5-6-17-8)13(16)7-10-11(14)3-2-4-12(10)15/h2-4,8-9,13H,5-7,16H2,1H3. The van der Waals surface area contributed by atoms with Crippen molar-refractivity contribution in [2.24, 2.45) is 11.7 Å². The fourth-order valence-electron chi connectivity index (χ4n) is 2.42. The van der Waals surface area contributed by atoms with Crippen LogP contribution in [0.2, 0.25) is 10.0 Å². The maximum absolute atomic E-state index is 6.24. The number of rotatable bonds is 3. The summed E-state index contributed by atoms with van der Waals surface area (Å²) in [7, 11) is 0. The molecule has 1 fully saturated rings. The van der Waals surface area contributed by atoms with Gasteiger partial charge in [0.25, 0.3) is 0 Å². The maximum Gasteiger partial charge on any atom is 0.0590 e. The van der Waals surface area contributed by atoms with Gasteiger partial charge >= 0.3 is 0 Å². The van der Waals surface area contributed by atoms with E-state index in [1.165, 1.54) is 0 Å². The Morgan fingerprint density at radius 3 is 2.59 bits per heavy atom. The third-order valence-electron chi connectivity index (χ3n) is 3.49. The van der Waals surface area contributed by atoms with Crippen LogP contribution in [-0.2, 0) is 11.2 Å². The van der Waals surface area contributed by atoms with E-state index in [0.717, 1.165) is 18.6 Å². The third-order valence-corrected chi connectivity index (χ3v) is 4.19. The van der Waals surface area contributed by atoms with Crippen molar-refractivity contribution >= 4 is 23.2 Å². The molecule has 2 N–H and O–H groups in total. The van der Waals surface area contributed by atoms with Crippen LogP contribution >= 0.6 is 23.2 Å². The third kappa shape index (κ3) is 2.94. The lowest BCUT2D eigenvalue weighted by atomic mass is 9.89. The molecule has 3 atom stereocenters. The SMILES string of the molecule is CC1OCCC1C(N)Cc1c(Cl)cccc1Cl. The number of hydrogen-bond donors (Lipinski definition) is 1. The summed E-state index contributed by atoms with van der Waals surface area (Å²) in [6.45, 7) is 2.88. The molecule has 1 heterocycles. The first-order chi connectivity index (χ1) is 8.09. The molecule has 0 saturated carbocycles. The van der Waals surface area contributed by atoms with Gasteiger partial charge in [-0.05, 0) is 37.5 Å². The molecule has 1 aromatic rings. The molecule has 0 aliphatic carbocycles. The molecule has 1 aliphatic heterocycles. The quantitative estimate of drug-likeness (QED) is 0.918. The fourth-order valence-corrected chi connectivity index (χ4v) is 2.98. The molecule has 2 rings (SSSR count). The molecule has 4 heteroatoms. The highest BCUT2D eigenvalue weighted by Crippen LogP contribution is 2.29. The van der Waals surface area contributed by atoms with Crippen LogP contribution in [0.5, 0.6) is 0 Å². The molecule has 94 valence electrons. The van der Waals surface area contributed by atoms with E-state index in [1.54, 1.807) is 0 Å². The molecule has 1 aliphatic rings. The molecule has 0 aromatic heterocycles. The van der Waals surface area contributed by atoms with E-state index < -0.39 is 0 Å². The van der Waals surface area contributed by atoms with Gasteiger partial charge in [-0.2, -0.15) is 0 Å². The van der Waals surface area contributed by atoms with Gasteiger partial charge in [-0.3, -0.25) is 0 Å². The van der Waals surface area contributed by atoms with Crippen LogP contribution < -0.4 is 5.73 Å². The van der Waals surface area contributed by atoms with Crippen LogP contribution in [0.3, 0.4) is 0 Å². The molecule has 1 saturated heterocycles. The molecule has 3 unspecified atom stereocenters. The lowest BCUT2D eigenvalue weighted by Gasteiger charge is -2.22. The molecular formula is C13H17Cl2NO. The Kier molecular flexibility index (Phi) is 4.31. The Hall–Kier alpha value is -0.280. The van der Waals surface area contributed by atoms with Crippen LogP contribution in [-0.4, -0.2) is 18.8 Å². The number of ether oxygens (including phenoxy) is 1. The molecule has 0 spiro atoms. The molecule has 2 nitrogen and oxygen atoms in total. The van der Waals surface area contributed by atoms with Gasteiger partial charge in [0.1, 0.15) is 0 Å². The van der Waals surface area contributed by atoms with Crippen LogP contribution in [0, 0.1) is 5.92 Å². The van der Waals surface area contributed by atoms with Gasteiger partial charge in [-0.1, -0.05) is 29.3 Å². The van der Waals surface area contributed by atoms with E-state index in [4.69, 9.17) is 33.7 Å². The van der Waals surface area contributed by atoms with E-state index in [2.05, 4.69) is 6.92 Å². The maximum atomic E-state index is 6.24. The van der Waals surface area contributed by atoms with E-state index in [9.17, 15) is 0 Å². The van der Waals surface area contributed by atoms with E-state index in [0.29, 0.717) is 22.4 Å². The van der Waals surface area contributed by atoms with Gasteiger partial charge < -0.3 is 10.5 Å². The summed E-state index contributed by atoms with van der Waals surface area (Å²) in [6, 6.07) is 5.60. The van der Waals surface area contributed by atoms with Gasteiger partial charge in [-0.25, -0.2) is 0 Å². The minimum atomic E-state index is 0.0462. The fraction of sp³-hybridized carbons (Fsp3) is 0.538. The first kappa shape index (κ1) is 13.2. The molecule has 0 amide bonds. The minimum Gasteiger partial charge on any atom is -0.378 e. The minimum absolute atomic E-state index is 0.0462. The molecular weight excluding hydrogens is 257 g/mol. The van der Waals surface area contributed by atoms with Crippen molar-refractivity contribution in [3.05, 3.63) is 33.8 Å². The van der Waals surface area contributed by atoms with Crippen LogP contribution in [0.15, 0.2) is 18.2 Å². The van der Waals surface area contributed by atoms with Gasteiger partial charge in [0.05, 0.1) is 6.10 Å². The predicted octanol–water partition coefficient (Wildman–Crippen LogP) is 3.29. The largest absolute Gasteiger partial charge is 0.378 e. The van der Waals surface area contributed by atoms with Gasteiger partial charge in [0.15, 0.2) is 0 Å². The molecule has 0 radical (unpaired) electrons. The summed E-state index contributed by atoms with van der Waals surface area (Å²) >= 11 is 12.3. The van der Waals surface area contributed by atoms with Crippen LogP contribution in [0.1, 0.15) is 18.9 Å². The number of nitrogens with two attached hydrogens (primary N) is 1. The van der Waals surface area contributed by atoms with E-state index in [1.807, 2.05) is 18.2 Å². The van der Waals surface area contributed by atoms with E-state index in [-0.39, 0.29) is 12.1 Å². The highest BCUT2D eigenvalue weighted by atomic mass is 35.5. The topological polar surface area (TPSA) is 35.2 Å². The van der Waals surface area contributed by atoms with Crippen LogP contribution in [0.25, 0.3) is 0 Å². The molecule has 1 aromatic carbocycles. The summed E-state index contributed by atoms with van der Waals surface area (Å²) < 4.78 is 5.54. The number of hydrogen-bond acceptors (Lipinski definition) is 2. The van der Waals surface area contributed by atoms with Crippen molar-refractivity contribution in [3.8, 4) is 0 Å². The van der Waals surface area contributed by atoms with Crippen molar-refractivity contribution in [1.82, 2.24) is 0 Å². The Balaban J connectivity index is 2.10. The Morgan fingerprint density at radius 1 is 1.41 bits per heavy atom. The zero-order chi connectivity index (χ0) is 12.4. The summed E-state index contributed by atoms with van der Waals surface area (Å²) in [4.78, 5) is 0. The second-order valence-electron chi connectivity index (χ2n) is 4.60. The Bertz CT molecular complexity index is 377. The van der Waals surface area contributed by atoms with Gasteiger partial charge in [-0.15, -0.1) is 0 Å². The lowest BCUT2D eigenvalue weighted by molar-refractivity contribution is 0.0995. The van der Waals surface area contributed by atoms with E-state index >= 15 is 0 Å². The summed E-state index contributed by atoms with van der Waals surface area (Å²) in [5, 5.41) is 1.39. The van der Waals surface area contributed by atoms with Gasteiger partial charge in [0.2, 0.25) is 0 Å². The first-order valence-corrected chi connectivity index (χ1v) is 6.65.